The molecule has 0 saturated heterocycles. The molecule has 24 heavy (non-hydrogen) atoms. The molecule has 0 aromatic heterocycles. The number of carbonyl (C=O) groups is 1. The number of nitrogens with one attached hydrogen (secondary N) is 1. The molecule has 6 heteroatoms. The molecule has 0 aliphatic rings. The van der Waals surface area contributed by atoms with E-state index in [9.17, 15) is 4.79 Å². The third-order valence-electron chi connectivity index (χ3n) is 3.64. The van der Waals surface area contributed by atoms with Crippen molar-refractivity contribution in [3.63, 3.8) is 0 Å². The van der Waals surface area contributed by atoms with Crippen LogP contribution in [0.3, 0.4) is 0 Å². The number of halogens is 1. The molecule has 2 atom stereocenters. The third-order valence-corrected chi connectivity index (χ3v) is 3.98. The summed E-state index contributed by atoms with van der Waals surface area (Å²) in [7, 11) is 3.08. The van der Waals surface area contributed by atoms with E-state index < -0.39 is 12.1 Å². The lowest BCUT2D eigenvalue weighted by Gasteiger charge is -2.24. The molecule has 2 unspecified atom stereocenters. The summed E-state index contributed by atoms with van der Waals surface area (Å²) < 4.78 is 10.4. The highest BCUT2D eigenvalue weighted by Crippen LogP contribution is 2.33. The summed E-state index contributed by atoms with van der Waals surface area (Å²) in [5.41, 5.74) is 7.40. The van der Waals surface area contributed by atoms with Crippen molar-refractivity contribution in [3.8, 4) is 5.75 Å². The Morgan fingerprint density at radius 3 is 2.38 bits per heavy atom. The molecule has 0 heterocycles. The van der Waals surface area contributed by atoms with Gasteiger partial charge in [-0.3, -0.25) is 4.79 Å². The number of methoxy groups -OCH3 is 2. The van der Waals surface area contributed by atoms with Crippen LogP contribution in [0.4, 0.5) is 0 Å². The molecule has 128 valence electrons. The first kappa shape index (κ1) is 18.3. The molecule has 1 amide bonds. The zero-order valence-corrected chi connectivity index (χ0v) is 14.4. The minimum absolute atomic E-state index is 0.132. The Morgan fingerprint density at radius 1 is 1.12 bits per heavy atom. The van der Waals surface area contributed by atoms with Crippen LogP contribution < -0.4 is 15.8 Å². The van der Waals surface area contributed by atoms with Gasteiger partial charge in [-0.25, -0.2) is 0 Å². The molecule has 2 aromatic rings. The minimum atomic E-state index is -0.769. The Kier molecular flexibility index (Phi) is 6.61. The van der Waals surface area contributed by atoms with Crippen LogP contribution in [0.25, 0.3) is 0 Å². The van der Waals surface area contributed by atoms with E-state index in [0.717, 1.165) is 11.1 Å². The van der Waals surface area contributed by atoms with Crippen LogP contribution in [0.15, 0.2) is 48.5 Å². The fraction of sp³-hybridized carbons (Fsp3) is 0.278. The molecule has 0 fully saturated rings. The van der Waals surface area contributed by atoms with Crippen LogP contribution in [0, 0.1) is 0 Å². The zero-order valence-electron chi connectivity index (χ0n) is 13.7. The van der Waals surface area contributed by atoms with Gasteiger partial charge in [0.1, 0.15) is 11.8 Å². The number of hydrogen-bond acceptors (Lipinski definition) is 4. The van der Waals surface area contributed by atoms with Crippen molar-refractivity contribution in [2.24, 2.45) is 5.73 Å². The summed E-state index contributed by atoms with van der Waals surface area (Å²) in [5, 5.41) is 3.49. The predicted octanol–water partition coefficient (Wildman–Crippen LogP) is 2.53. The van der Waals surface area contributed by atoms with E-state index >= 15 is 0 Å². The molecular weight excluding hydrogens is 328 g/mol. The van der Waals surface area contributed by atoms with E-state index in [1.807, 2.05) is 42.5 Å². The van der Waals surface area contributed by atoms with Crippen LogP contribution in [0.1, 0.15) is 17.2 Å². The van der Waals surface area contributed by atoms with Gasteiger partial charge in [0.05, 0.1) is 19.8 Å². The van der Waals surface area contributed by atoms with E-state index in [-0.39, 0.29) is 12.5 Å². The highest BCUT2D eigenvalue weighted by Gasteiger charge is 2.24. The molecule has 0 bridgehead atoms. The number of amides is 1. The van der Waals surface area contributed by atoms with Crippen molar-refractivity contribution in [2.45, 2.75) is 12.1 Å². The third kappa shape index (κ3) is 4.26. The number of carbonyl (C=O) groups excluding carboxylic acids is 1. The van der Waals surface area contributed by atoms with E-state index in [4.69, 9.17) is 26.8 Å². The van der Waals surface area contributed by atoms with Gasteiger partial charge in [0.2, 0.25) is 5.91 Å². The molecule has 0 aliphatic carbocycles. The summed E-state index contributed by atoms with van der Waals surface area (Å²) in [6.07, 6.45) is 0. The smallest absolute Gasteiger partial charge is 0.240 e. The normalized spacial score (nSPS) is 13.2. The van der Waals surface area contributed by atoms with Gasteiger partial charge in [0, 0.05) is 17.7 Å². The SMILES string of the molecule is COCC(N)C(=O)NC(c1ccccc1Cl)c1ccccc1OC. The summed E-state index contributed by atoms with van der Waals surface area (Å²) in [6.45, 7) is 0.132. The van der Waals surface area contributed by atoms with Gasteiger partial charge in [-0.05, 0) is 17.7 Å². The van der Waals surface area contributed by atoms with Gasteiger partial charge >= 0.3 is 0 Å². The average molecular weight is 349 g/mol. The molecule has 5 nitrogen and oxygen atoms in total. The van der Waals surface area contributed by atoms with E-state index in [1.165, 1.54) is 7.11 Å². The van der Waals surface area contributed by atoms with E-state index in [0.29, 0.717) is 10.8 Å². The summed E-state index contributed by atoms with van der Waals surface area (Å²) in [5.74, 6) is 0.329. The number of para-hydroxylation sites is 1. The van der Waals surface area contributed by atoms with Crippen molar-refractivity contribution in [2.75, 3.05) is 20.8 Å². The maximum atomic E-state index is 12.4. The maximum absolute atomic E-state index is 12.4. The van der Waals surface area contributed by atoms with Crippen LogP contribution in [-0.2, 0) is 9.53 Å². The van der Waals surface area contributed by atoms with Gasteiger partial charge in [-0.2, -0.15) is 0 Å². The predicted molar refractivity (Wildman–Crippen MR) is 94.3 cm³/mol. The van der Waals surface area contributed by atoms with Crippen molar-refractivity contribution in [3.05, 3.63) is 64.7 Å². The monoisotopic (exact) mass is 348 g/mol. The largest absolute Gasteiger partial charge is 0.496 e. The lowest BCUT2D eigenvalue weighted by molar-refractivity contribution is -0.123. The Labute approximate surface area is 146 Å². The first-order chi connectivity index (χ1) is 11.6. The second-order valence-electron chi connectivity index (χ2n) is 5.27. The number of rotatable bonds is 7. The summed E-state index contributed by atoms with van der Waals surface area (Å²) in [6, 6.07) is 13.6. The van der Waals surface area contributed by atoms with Crippen LogP contribution in [-0.4, -0.2) is 32.8 Å². The lowest BCUT2D eigenvalue weighted by atomic mass is 9.97. The number of nitrogens with two attached hydrogens (primary N) is 1. The molecule has 2 aromatic carbocycles. The standard InChI is InChI=1S/C18H21ClN2O3/c1-23-11-15(20)18(22)21-17(12-7-3-5-9-14(12)19)13-8-4-6-10-16(13)24-2/h3-10,15,17H,11,20H2,1-2H3,(H,21,22). The molecule has 3 N–H and O–H groups in total. The Bertz CT molecular complexity index is 693. The number of ether oxygens (including phenoxy) is 2. The minimum Gasteiger partial charge on any atom is -0.496 e. The first-order valence-corrected chi connectivity index (χ1v) is 7.88. The maximum Gasteiger partial charge on any atom is 0.240 e. The van der Waals surface area contributed by atoms with E-state index in [1.54, 1.807) is 13.2 Å². The Hall–Kier alpha value is -2.08. The quantitative estimate of drug-likeness (QED) is 0.806. The number of benzene rings is 2. The Morgan fingerprint density at radius 2 is 1.75 bits per heavy atom. The second-order valence-corrected chi connectivity index (χ2v) is 5.67. The van der Waals surface area contributed by atoms with Crippen molar-refractivity contribution in [1.29, 1.82) is 0 Å². The first-order valence-electron chi connectivity index (χ1n) is 7.50. The van der Waals surface area contributed by atoms with Crippen LogP contribution >= 0.6 is 11.6 Å². The molecular formula is C18H21ClN2O3. The van der Waals surface area contributed by atoms with Crippen molar-refractivity contribution in [1.82, 2.24) is 5.32 Å². The highest BCUT2D eigenvalue weighted by molar-refractivity contribution is 6.31. The highest BCUT2D eigenvalue weighted by atomic mass is 35.5. The average Bonchev–Trinajstić information content (AvgIpc) is 2.60. The number of hydrogen-bond donors (Lipinski definition) is 2. The molecule has 0 radical (unpaired) electrons. The summed E-state index contributed by atoms with van der Waals surface area (Å²) in [4.78, 5) is 12.4. The van der Waals surface area contributed by atoms with Crippen LogP contribution in [0.5, 0.6) is 5.75 Å². The molecule has 0 spiro atoms. The van der Waals surface area contributed by atoms with Crippen molar-refractivity contribution >= 4 is 17.5 Å². The van der Waals surface area contributed by atoms with Crippen molar-refractivity contribution < 1.29 is 14.3 Å². The van der Waals surface area contributed by atoms with Gasteiger partial charge in [0.25, 0.3) is 0 Å². The summed E-state index contributed by atoms with van der Waals surface area (Å²) >= 11 is 6.34. The van der Waals surface area contributed by atoms with Gasteiger partial charge < -0.3 is 20.5 Å². The van der Waals surface area contributed by atoms with Gasteiger partial charge in [0.15, 0.2) is 0 Å². The molecule has 0 saturated carbocycles. The Balaban J connectivity index is 2.43. The topological polar surface area (TPSA) is 73.6 Å². The lowest BCUT2D eigenvalue weighted by Crippen LogP contribution is -2.45. The second kappa shape index (κ2) is 8.68. The molecule has 0 aliphatic heterocycles. The van der Waals surface area contributed by atoms with Gasteiger partial charge in [-0.1, -0.05) is 48.0 Å². The molecule has 2 rings (SSSR count). The van der Waals surface area contributed by atoms with Gasteiger partial charge in [-0.15, -0.1) is 0 Å². The van der Waals surface area contributed by atoms with Crippen LogP contribution in [0.2, 0.25) is 5.02 Å². The fourth-order valence-electron chi connectivity index (χ4n) is 2.44. The fourth-order valence-corrected chi connectivity index (χ4v) is 2.69. The van der Waals surface area contributed by atoms with E-state index in [2.05, 4.69) is 5.32 Å². The zero-order chi connectivity index (χ0) is 17.5.